The second kappa shape index (κ2) is 7.56. The molecule has 2 heterocycles. The number of hydrogen-bond acceptors (Lipinski definition) is 6. The summed E-state index contributed by atoms with van der Waals surface area (Å²) in [5.41, 5.74) is 1.76. The van der Waals surface area contributed by atoms with Crippen LogP contribution in [0.1, 0.15) is 10.4 Å². The Balaban J connectivity index is 1.97. The molecule has 2 aromatic carbocycles. The molecule has 4 rings (SSSR count). The molecule has 30 heavy (non-hydrogen) atoms. The molecule has 0 spiro atoms. The van der Waals surface area contributed by atoms with Gasteiger partial charge >= 0.3 is 5.97 Å². The molecule has 0 unspecified atom stereocenters. The first-order valence-electron chi connectivity index (χ1n) is 8.60. The normalized spacial score (nSPS) is 10.9. The van der Waals surface area contributed by atoms with Crippen molar-refractivity contribution in [1.29, 1.82) is 0 Å². The number of nitrogens with one attached hydrogen (secondary N) is 1. The van der Waals surface area contributed by atoms with Crippen LogP contribution in [0.25, 0.3) is 33.5 Å². The molecule has 0 amide bonds. The summed E-state index contributed by atoms with van der Waals surface area (Å²) >= 11 is 3.40. The lowest BCUT2D eigenvalue weighted by Gasteiger charge is -2.10. The van der Waals surface area contributed by atoms with Gasteiger partial charge in [0.1, 0.15) is 5.75 Å². The van der Waals surface area contributed by atoms with Crippen LogP contribution in [0.4, 0.5) is 5.69 Å². The standard InChI is InChI=1S/C20H13BrN4O5/c1-30-16-6-5-11(21)8-13(16)15-9-14(20(26)27)17-18(23-24-19(17)22-15)10-3-2-4-12(7-10)25(28)29/h2-9H,1H3,(H,26,27)(H,22,23,24). The highest BCUT2D eigenvalue weighted by molar-refractivity contribution is 9.10. The van der Waals surface area contributed by atoms with E-state index < -0.39 is 10.9 Å². The summed E-state index contributed by atoms with van der Waals surface area (Å²) in [4.78, 5) is 27.2. The van der Waals surface area contributed by atoms with Crippen molar-refractivity contribution in [1.82, 2.24) is 15.2 Å². The predicted octanol–water partition coefficient (Wildman–Crippen LogP) is 4.67. The maximum Gasteiger partial charge on any atom is 0.336 e. The molecule has 0 aliphatic rings. The van der Waals surface area contributed by atoms with E-state index in [-0.39, 0.29) is 22.3 Å². The van der Waals surface area contributed by atoms with Crippen LogP contribution >= 0.6 is 15.9 Å². The fourth-order valence-corrected chi connectivity index (χ4v) is 3.56. The Bertz CT molecular complexity index is 1320. The van der Waals surface area contributed by atoms with Gasteiger partial charge in [-0.2, -0.15) is 5.10 Å². The minimum Gasteiger partial charge on any atom is -0.496 e. The van der Waals surface area contributed by atoms with E-state index in [1.807, 2.05) is 0 Å². The molecule has 2 aromatic heterocycles. The van der Waals surface area contributed by atoms with Gasteiger partial charge in [-0.05, 0) is 24.3 Å². The van der Waals surface area contributed by atoms with Gasteiger partial charge in [-0.1, -0.05) is 28.1 Å². The zero-order valence-electron chi connectivity index (χ0n) is 15.4. The number of pyridine rings is 1. The van der Waals surface area contributed by atoms with Crippen molar-refractivity contribution in [2.75, 3.05) is 7.11 Å². The number of non-ortho nitro benzene ring substituents is 1. The Kier molecular flexibility index (Phi) is 4.92. The van der Waals surface area contributed by atoms with Crippen molar-refractivity contribution in [2.24, 2.45) is 0 Å². The minimum atomic E-state index is -1.18. The number of rotatable bonds is 5. The highest BCUT2D eigenvalue weighted by atomic mass is 79.9. The Morgan fingerprint density at radius 2 is 2.03 bits per heavy atom. The van der Waals surface area contributed by atoms with Gasteiger partial charge in [-0.15, -0.1) is 0 Å². The zero-order valence-corrected chi connectivity index (χ0v) is 17.0. The van der Waals surface area contributed by atoms with Gasteiger partial charge in [0.25, 0.3) is 5.69 Å². The number of nitro groups is 1. The number of hydrogen-bond donors (Lipinski definition) is 2. The summed E-state index contributed by atoms with van der Waals surface area (Å²) in [5.74, 6) is -0.651. The molecule has 10 heteroatoms. The molecule has 0 saturated carbocycles. The van der Waals surface area contributed by atoms with E-state index in [0.717, 1.165) is 4.47 Å². The van der Waals surface area contributed by atoms with E-state index in [2.05, 4.69) is 31.1 Å². The average molecular weight is 469 g/mol. The largest absolute Gasteiger partial charge is 0.496 e. The third kappa shape index (κ3) is 3.37. The van der Waals surface area contributed by atoms with Gasteiger partial charge in [-0.3, -0.25) is 15.2 Å². The first-order valence-corrected chi connectivity index (χ1v) is 9.39. The average Bonchev–Trinajstić information content (AvgIpc) is 3.17. The van der Waals surface area contributed by atoms with Crippen LogP contribution in [0, 0.1) is 10.1 Å². The molecule has 0 fully saturated rings. The van der Waals surface area contributed by atoms with E-state index in [9.17, 15) is 20.0 Å². The van der Waals surface area contributed by atoms with Crippen LogP contribution in [0.2, 0.25) is 0 Å². The molecule has 0 aliphatic carbocycles. The van der Waals surface area contributed by atoms with E-state index in [1.165, 1.54) is 31.4 Å². The van der Waals surface area contributed by atoms with E-state index in [1.54, 1.807) is 24.3 Å². The number of nitrogens with zero attached hydrogens (tertiary/aromatic N) is 3. The molecule has 150 valence electrons. The lowest BCUT2D eigenvalue weighted by Crippen LogP contribution is -2.01. The highest BCUT2D eigenvalue weighted by Crippen LogP contribution is 2.36. The van der Waals surface area contributed by atoms with Gasteiger partial charge in [0.15, 0.2) is 5.65 Å². The number of methoxy groups -OCH3 is 1. The molecule has 2 N–H and O–H groups in total. The molecule has 0 saturated heterocycles. The number of aromatic nitrogens is 3. The Hall–Kier alpha value is -3.79. The molecule has 0 radical (unpaired) electrons. The predicted molar refractivity (Wildman–Crippen MR) is 113 cm³/mol. The Morgan fingerprint density at radius 1 is 1.23 bits per heavy atom. The number of aromatic amines is 1. The van der Waals surface area contributed by atoms with Gasteiger partial charge in [0, 0.05) is 27.7 Å². The van der Waals surface area contributed by atoms with Crippen LogP contribution < -0.4 is 4.74 Å². The second-order valence-electron chi connectivity index (χ2n) is 6.31. The first-order chi connectivity index (χ1) is 14.4. The number of fused-ring (bicyclic) bond motifs is 1. The van der Waals surface area contributed by atoms with Crippen molar-refractivity contribution >= 4 is 38.6 Å². The maximum atomic E-state index is 12.1. The summed E-state index contributed by atoms with van der Waals surface area (Å²) < 4.78 is 6.15. The number of nitro benzene ring substituents is 1. The monoisotopic (exact) mass is 468 g/mol. The topological polar surface area (TPSA) is 131 Å². The second-order valence-corrected chi connectivity index (χ2v) is 7.23. The molecule has 0 atom stereocenters. The Labute approximate surface area is 177 Å². The van der Waals surface area contributed by atoms with E-state index >= 15 is 0 Å². The van der Waals surface area contributed by atoms with Gasteiger partial charge in [0.2, 0.25) is 0 Å². The third-order valence-corrected chi connectivity index (χ3v) is 5.03. The fourth-order valence-electron chi connectivity index (χ4n) is 3.19. The van der Waals surface area contributed by atoms with Crippen molar-refractivity contribution in [3.8, 4) is 28.3 Å². The van der Waals surface area contributed by atoms with Crippen LogP contribution in [-0.4, -0.2) is 38.3 Å². The number of benzene rings is 2. The number of carboxylic acid groups (broad SMARTS) is 1. The maximum absolute atomic E-state index is 12.1. The molecule has 0 bridgehead atoms. The quantitative estimate of drug-likeness (QED) is 0.321. The SMILES string of the molecule is COc1ccc(Br)cc1-c1cc(C(=O)O)c2c(-c3cccc([N+](=O)[O-])c3)[nH]nc2n1. The summed E-state index contributed by atoms with van der Waals surface area (Å²) in [7, 11) is 1.51. The molecule has 9 nitrogen and oxygen atoms in total. The molecular formula is C20H13BrN4O5. The zero-order chi connectivity index (χ0) is 21.4. The van der Waals surface area contributed by atoms with Gasteiger partial charge < -0.3 is 9.84 Å². The van der Waals surface area contributed by atoms with Crippen LogP contribution in [0.5, 0.6) is 5.75 Å². The van der Waals surface area contributed by atoms with Crippen molar-refractivity contribution in [3.63, 3.8) is 0 Å². The van der Waals surface area contributed by atoms with E-state index in [0.29, 0.717) is 28.3 Å². The Morgan fingerprint density at radius 3 is 2.73 bits per heavy atom. The van der Waals surface area contributed by atoms with Gasteiger partial charge in [0.05, 0.1) is 34.4 Å². The van der Waals surface area contributed by atoms with Crippen molar-refractivity contribution < 1.29 is 19.6 Å². The molecule has 4 aromatic rings. The smallest absolute Gasteiger partial charge is 0.336 e. The van der Waals surface area contributed by atoms with Crippen molar-refractivity contribution in [3.05, 3.63) is 68.7 Å². The number of carboxylic acids is 1. The fraction of sp³-hybridized carbons (Fsp3) is 0.0500. The summed E-state index contributed by atoms with van der Waals surface area (Å²) in [6, 6.07) is 12.6. The number of ether oxygens (including phenoxy) is 1. The number of carbonyl (C=O) groups is 1. The molecular weight excluding hydrogens is 456 g/mol. The number of aromatic carboxylic acids is 1. The van der Waals surface area contributed by atoms with Crippen molar-refractivity contribution in [2.45, 2.75) is 0 Å². The lowest BCUT2D eigenvalue weighted by atomic mass is 10.0. The minimum absolute atomic E-state index is 0.0349. The summed E-state index contributed by atoms with van der Waals surface area (Å²) in [6.07, 6.45) is 0. The number of H-pyrrole nitrogens is 1. The summed E-state index contributed by atoms with van der Waals surface area (Å²) in [5, 5.41) is 28.1. The molecule has 0 aliphatic heterocycles. The van der Waals surface area contributed by atoms with Gasteiger partial charge in [-0.25, -0.2) is 9.78 Å². The van der Waals surface area contributed by atoms with Crippen LogP contribution in [0.15, 0.2) is 53.0 Å². The van der Waals surface area contributed by atoms with Crippen LogP contribution in [-0.2, 0) is 0 Å². The van der Waals surface area contributed by atoms with Crippen LogP contribution in [0.3, 0.4) is 0 Å². The number of halogens is 1. The van der Waals surface area contributed by atoms with E-state index in [4.69, 9.17) is 4.74 Å². The highest BCUT2D eigenvalue weighted by Gasteiger charge is 2.22. The first kappa shape index (κ1) is 19.5. The summed E-state index contributed by atoms with van der Waals surface area (Å²) in [6.45, 7) is 0. The lowest BCUT2D eigenvalue weighted by molar-refractivity contribution is -0.384. The third-order valence-electron chi connectivity index (χ3n) is 4.54.